The molecule has 1 aliphatic rings. The van der Waals surface area contributed by atoms with Gasteiger partial charge in [-0.15, -0.1) is 0 Å². The van der Waals surface area contributed by atoms with Crippen LogP contribution < -0.4 is 18.5 Å². The smallest absolute Gasteiger partial charge is 0.268 e. The summed E-state index contributed by atoms with van der Waals surface area (Å²) in [5.41, 5.74) is 0.166. The van der Waals surface area contributed by atoms with Crippen molar-refractivity contribution in [1.82, 2.24) is 0 Å². The Labute approximate surface area is 139 Å². The van der Waals surface area contributed by atoms with E-state index < -0.39 is 15.8 Å². The van der Waals surface area contributed by atoms with Gasteiger partial charge in [-0.05, 0) is 24.3 Å². The van der Waals surface area contributed by atoms with E-state index >= 15 is 0 Å². The number of sulfonamides is 1. The summed E-state index contributed by atoms with van der Waals surface area (Å²) in [6.45, 7) is 0.254. The zero-order chi connectivity index (χ0) is 17.3. The molecule has 0 bridgehead atoms. The van der Waals surface area contributed by atoms with Gasteiger partial charge in [-0.2, -0.15) is 0 Å². The molecule has 6 nitrogen and oxygen atoms in total. The molecule has 8 heteroatoms. The average Bonchev–Trinajstić information content (AvgIpc) is 2.60. The van der Waals surface area contributed by atoms with Gasteiger partial charge in [0.2, 0.25) is 0 Å². The van der Waals surface area contributed by atoms with E-state index in [9.17, 15) is 12.8 Å². The Morgan fingerprint density at radius 3 is 2.62 bits per heavy atom. The van der Waals surface area contributed by atoms with Crippen LogP contribution >= 0.6 is 0 Å². The van der Waals surface area contributed by atoms with Crippen LogP contribution in [0.5, 0.6) is 17.2 Å². The molecule has 1 aliphatic heterocycles. The molecule has 0 aromatic heterocycles. The average molecular weight is 353 g/mol. The van der Waals surface area contributed by atoms with Crippen molar-refractivity contribution in [3.8, 4) is 17.2 Å². The van der Waals surface area contributed by atoms with Crippen molar-refractivity contribution in [2.24, 2.45) is 0 Å². The van der Waals surface area contributed by atoms with Gasteiger partial charge in [-0.3, -0.25) is 4.31 Å². The number of fused-ring (bicyclic) bond motifs is 1. The van der Waals surface area contributed by atoms with E-state index in [1.807, 2.05) is 0 Å². The maximum Gasteiger partial charge on any atom is 0.268 e. The summed E-state index contributed by atoms with van der Waals surface area (Å²) in [6.07, 6.45) is 0. The van der Waals surface area contributed by atoms with Gasteiger partial charge >= 0.3 is 0 Å². The third-order valence-electron chi connectivity index (χ3n) is 3.68. The largest absolute Gasteiger partial charge is 0.497 e. The normalized spacial score (nSPS) is 13.9. The second kappa shape index (κ2) is 6.20. The molecule has 0 N–H and O–H groups in total. The highest BCUT2D eigenvalue weighted by Crippen LogP contribution is 2.38. The van der Waals surface area contributed by atoms with Crippen molar-refractivity contribution in [3.63, 3.8) is 0 Å². The Kier molecular flexibility index (Phi) is 4.23. The minimum Gasteiger partial charge on any atom is -0.497 e. The van der Waals surface area contributed by atoms with E-state index in [2.05, 4.69) is 0 Å². The first-order valence-corrected chi connectivity index (χ1v) is 8.58. The molecule has 0 saturated heterocycles. The molecule has 0 amide bonds. The van der Waals surface area contributed by atoms with E-state index in [-0.39, 0.29) is 29.5 Å². The van der Waals surface area contributed by atoms with Gasteiger partial charge < -0.3 is 14.2 Å². The number of hydrogen-bond donors (Lipinski definition) is 0. The van der Waals surface area contributed by atoms with E-state index in [0.717, 1.165) is 10.4 Å². The van der Waals surface area contributed by atoms with Crippen LogP contribution in [0.4, 0.5) is 10.1 Å². The summed E-state index contributed by atoms with van der Waals surface area (Å²) in [6, 6.07) is 8.20. The zero-order valence-electron chi connectivity index (χ0n) is 13.2. The van der Waals surface area contributed by atoms with Gasteiger partial charge in [-0.1, -0.05) is 0 Å². The van der Waals surface area contributed by atoms with Crippen LogP contribution in [0.15, 0.2) is 41.3 Å². The topological polar surface area (TPSA) is 65.1 Å². The van der Waals surface area contributed by atoms with Gasteiger partial charge in [0.15, 0.2) is 0 Å². The van der Waals surface area contributed by atoms with Crippen LogP contribution in [0.1, 0.15) is 0 Å². The van der Waals surface area contributed by atoms with Crippen LogP contribution in [0.3, 0.4) is 0 Å². The number of benzene rings is 2. The van der Waals surface area contributed by atoms with Crippen molar-refractivity contribution < 1.29 is 27.0 Å². The Hall–Kier alpha value is -2.48. The number of ether oxygens (including phenoxy) is 3. The van der Waals surface area contributed by atoms with E-state index in [1.165, 1.54) is 44.6 Å². The Bertz CT molecular complexity index is 869. The number of anilines is 1. The molecular weight excluding hydrogens is 337 g/mol. The summed E-state index contributed by atoms with van der Waals surface area (Å²) >= 11 is 0. The molecule has 0 fully saturated rings. The molecule has 0 saturated carbocycles. The quantitative estimate of drug-likeness (QED) is 0.845. The van der Waals surface area contributed by atoms with Gasteiger partial charge in [0.25, 0.3) is 10.0 Å². The molecule has 128 valence electrons. The predicted octanol–water partition coefficient (Wildman–Crippen LogP) is 2.43. The molecule has 0 spiro atoms. The highest BCUT2D eigenvalue weighted by Gasteiger charge is 2.32. The van der Waals surface area contributed by atoms with Gasteiger partial charge in [0, 0.05) is 12.1 Å². The molecular formula is C16H16FNO5S. The first-order valence-electron chi connectivity index (χ1n) is 7.14. The van der Waals surface area contributed by atoms with Gasteiger partial charge in [0.1, 0.15) is 34.6 Å². The van der Waals surface area contributed by atoms with Gasteiger partial charge in [0.05, 0.1) is 26.5 Å². The fraction of sp³-hybridized carbons (Fsp3) is 0.250. The third-order valence-corrected chi connectivity index (χ3v) is 5.53. The Balaban J connectivity index is 2.12. The standard InChI is InChI=1S/C16H16FNO5S/c1-21-12-4-6-16(15(10-12)22-2)24(19,20)18-7-8-23-14-5-3-11(17)9-13(14)18/h3-6,9-10H,7-8H2,1-2H3. The van der Waals surface area contributed by atoms with E-state index in [4.69, 9.17) is 14.2 Å². The highest BCUT2D eigenvalue weighted by molar-refractivity contribution is 7.93. The lowest BCUT2D eigenvalue weighted by Gasteiger charge is -2.30. The number of rotatable bonds is 4. The molecule has 24 heavy (non-hydrogen) atoms. The SMILES string of the molecule is COc1ccc(S(=O)(=O)N2CCOc3ccc(F)cc32)c(OC)c1. The van der Waals surface area contributed by atoms with Crippen LogP contribution in [-0.2, 0) is 10.0 Å². The molecule has 2 aromatic rings. The first-order chi connectivity index (χ1) is 11.5. The lowest BCUT2D eigenvalue weighted by Crippen LogP contribution is -2.38. The molecule has 0 aliphatic carbocycles. The van der Waals surface area contributed by atoms with Crippen molar-refractivity contribution >= 4 is 15.7 Å². The summed E-state index contributed by atoms with van der Waals surface area (Å²) < 4.78 is 56.5. The molecule has 0 unspecified atom stereocenters. The second-order valence-electron chi connectivity index (χ2n) is 5.05. The second-order valence-corrected chi connectivity index (χ2v) is 6.89. The fourth-order valence-electron chi connectivity index (χ4n) is 2.52. The lowest BCUT2D eigenvalue weighted by atomic mass is 10.2. The van der Waals surface area contributed by atoms with Crippen molar-refractivity contribution in [1.29, 1.82) is 0 Å². The minimum atomic E-state index is -3.95. The van der Waals surface area contributed by atoms with Crippen LogP contribution in [0.2, 0.25) is 0 Å². The maximum atomic E-state index is 13.6. The van der Waals surface area contributed by atoms with Crippen molar-refractivity contribution in [2.45, 2.75) is 4.90 Å². The minimum absolute atomic E-state index is 0.0251. The molecule has 3 rings (SSSR count). The number of halogens is 1. The van der Waals surface area contributed by atoms with Crippen molar-refractivity contribution in [3.05, 3.63) is 42.2 Å². The zero-order valence-corrected chi connectivity index (χ0v) is 14.0. The van der Waals surface area contributed by atoms with E-state index in [0.29, 0.717) is 11.5 Å². The predicted molar refractivity (Wildman–Crippen MR) is 86.0 cm³/mol. The summed E-state index contributed by atoms with van der Waals surface area (Å²) in [7, 11) is -1.10. The van der Waals surface area contributed by atoms with E-state index in [1.54, 1.807) is 0 Å². The summed E-state index contributed by atoms with van der Waals surface area (Å²) in [4.78, 5) is -0.0251. The monoisotopic (exact) mass is 353 g/mol. The lowest BCUT2D eigenvalue weighted by molar-refractivity contribution is 0.315. The molecule has 0 atom stereocenters. The van der Waals surface area contributed by atoms with Crippen LogP contribution in [-0.4, -0.2) is 35.8 Å². The first kappa shape index (κ1) is 16.4. The number of methoxy groups -OCH3 is 2. The fourth-order valence-corrected chi connectivity index (χ4v) is 4.11. The molecule has 1 heterocycles. The third kappa shape index (κ3) is 2.73. The van der Waals surface area contributed by atoms with Crippen LogP contribution in [0.25, 0.3) is 0 Å². The van der Waals surface area contributed by atoms with Gasteiger partial charge in [-0.25, -0.2) is 12.8 Å². The number of nitrogens with zero attached hydrogens (tertiary/aromatic N) is 1. The van der Waals surface area contributed by atoms with Crippen LogP contribution in [0, 0.1) is 5.82 Å². The Morgan fingerprint density at radius 2 is 1.92 bits per heavy atom. The number of hydrogen-bond acceptors (Lipinski definition) is 5. The maximum absolute atomic E-state index is 13.6. The highest BCUT2D eigenvalue weighted by atomic mass is 32.2. The molecule has 0 radical (unpaired) electrons. The molecule has 2 aromatic carbocycles. The van der Waals surface area contributed by atoms with Crippen molar-refractivity contribution in [2.75, 3.05) is 31.7 Å². The Morgan fingerprint density at radius 1 is 1.12 bits per heavy atom. The summed E-state index contributed by atoms with van der Waals surface area (Å²) in [5, 5.41) is 0. The summed E-state index contributed by atoms with van der Waals surface area (Å²) in [5.74, 6) is 0.401.